The minimum Gasteiger partial charge on any atom is -0.341 e. The molecule has 1 saturated carbocycles. The quantitative estimate of drug-likeness (QED) is 0.740. The molecule has 0 bridgehead atoms. The number of nitrogens with zero attached hydrogens (tertiary/aromatic N) is 3. The second-order valence-electron chi connectivity index (χ2n) is 4.40. The molecule has 0 amide bonds. The van der Waals surface area contributed by atoms with Crippen LogP contribution in [-0.2, 0) is 5.88 Å². The Morgan fingerprint density at radius 3 is 2.75 bits per heavy atom. The lowest BCUT2D eigenvalue weighted by Crippen LogP contribution is -2.27. The Morgan fingerprint density at radius 1 is 1.50 bits per heavy atom. The maximum Gasteiger partial charge on any atom is 0.225 e. The first-order valence-corrected chi connectivity index (χ1v) is 6.41. The zero-order valence-electron chi connectivity index (χ0n) is 9.91. The van der Waals surface area contributed by atoms with Crippen molar-refractivity contribution in [2.75, 3.05) is 18.0 Å². The summed E-state index contributed by atoms with van der Waals surface area (Å²) in [5, 5.41) is 0. The van der Waals surface area contributed by atoms with Crippen LogP contribution in [-0.4, -0.2) is 23.1 Å². The molecule has 1 heterocycles. The average Bonchev–Trinajstić information content (AvgIpc) is 3.09. The van der Waals surface area contributed by atoms with Gasteiger partial charge in [0.1, 0.15) is 0 Å². The van der Waals surface area contributed by atoms with Gasteiger partial charge < -0.3 is 4.90 Å². The van der Waals surface area contributed by atoms with Gasteiger partial charge in [0, 0.05) is 30.5 Å². The van der Waals surface area contributed by atoms with Crippen molar-refractivity contribution in [1.29, 1.82) is 0 Å². The second kappa shape index (κ2) is 5.00. The van der Waals surface area contributed by atoms with E-state index >= 15 is 0 Å². The van der Waals surface area contributed by atoms with Gasteiger partial charge >= 0.3 is 0 Å². The summed E-state index contributed by atoms with van der Waals surface area (Å²) in [6, 6.07) is 0. The second-order valence-corrected chi connectivity index (χ2v) is 4.66. The minimum atomic E-state index is 0.487. The molecular weight excluding hydrogens is 222 g/mol. The third-order valence-electron chi connectivity index (χ3n) is 3.05. The Hall–Kier alpha value is -0.830. The number of aromatic nitrogens is 2. The largest absolute Gasteiger partial charge is 0.341 e. The van der Waals surface area contributed by atoms with Gasteiger partial charge in [-0.15, -0.1) is 11.6 Å². The van der Waals surface area contributed by atoms with Gasteiger partial charge in [0.15, 0.2) is 0 Å². The van der Waals surface area contributed by atoms with Crippen molar-refractivity contribution in [3.8, 4) is 0 Å². The van der Waals surface area contributed by atoms with Crippen molar-refractivity contribution in [2.45, 2.75) is 32.6 Å². The third kappa shape index (κ3) is 2.64. The molecule has 16 heavy (non-hydrogen) atoms. The minimum absolute atomic E-state index is 0.487. The molecule has 1 aliphatic rings. The van der Waals surface area contributed by atoms with Crippen LogP contribution in [0.25, 0.3) is 0 Å². The molecule has 0 unspecified atom stereocenters. The summed E-state index contributed by atoms with van der Waals surface area (Å²) < 4.78 is 0. The van der Waals surface area contributed by atoms with Gasteiger partial charge in [-0.05, 0) is 32.6 Å². The number of rotatable bonds is 5. The highest BCUT2D eigenvalue weighted by Gasteiger charge is 2.24. The molecule has 1 fully saturated rings. The van der Waals surface area contributed by atoms with Gasteiger partial charge in [0.2, 0.25) is 5.95 Å². The van der Waals surface area contributed by atoms with Crippen LogP contribution in [0.2, 0.25) is 0 Å². The van der Waals surface area contributed by atoms with E-state index in [1.54, 1.807) is 0 Å². The number of halogens is 1. The van der Waals surface area contributed by atoms with E-state index < -0.39 is 0 Å². The molecule has 0 aromatic carbocycles. The fourth-order valence-corrected chi connectivity index (χ4v) is 1.99. The summed E-state index contributed by atoms with van der Waals surface area (Å²) >= 11 is 5.80. The fraction of sp³-hybridized carbons (Fsp3) is 0.667. The zero-order chi connectivity index (χ0) is 11.5. The number of alkyl halides is 1. The SMILES string of the molecule is CCN(CC1CC1)c1ncc(CCl)c(C)n1. The molecule has 0 atom stereocenters. The van der Waals surface area contributed by atoms with Crippen molar-refractivity contribution in [1.82, 2.24) is 9.97 Å². The lowest BCUT2D eigenvalue weighted by atomic mass is 10.3. The number of aryl methyl sites for hydroxylation is 1. The molecule has 0 saturated heterocycles. The molecule has 0 N–H and O–H groups in total. The summed E-state index contributed by atoms with van der Waals surface area (Å²) in [5.74, 6) is 2.19. The van der Waals surface area contributed by atoms with Gasteiger partial charge in [0.05, 0.1) is 5.88 Å². The first-order valence-electron chi connectivity index (χ1n) is 5.88. The normalized spacial score (nSPS) is 15.2. The van der Waals surface area contributed by atoms with Crippen LogP contribution < -0.4 is 4.90 Å². The molecule has 3 nitrogen and oxygen atoms in total. The molecule has 1 aliphatic carbocycles. The fourth-order valence-electron chi connectivity index (χ4n) is 1.73. The van der Waals surface area contributed by atoms with Crippen molar-refractivity contribution in [3.63, 3.8) is 0 Å². The highest BCUT2D eigenvalue weighted by atomic mass is 35.5. The molecule has 0 aliphatic heterocycles. The van der Waals surface area contributed by atoms with E-state index in [-0.39, 0.29) is 0 Å². The molecule has 2 rings (SSSR count). The average molecular weight is 240 g/mol. The van der Waals surface area contributed by atoms with E-state index in [1.807, 2.05) is 13.1 Å². The van der Waals surface area contributed by atoms with E-state index in [4.69, 9.17) is 11.6 Å². The van der Waals surface area contributed by atoms with Gasteiger partial charge in [-0.3, -0.25) is 0 Å². The van der Waals surface area contributed by atoms with Gasteiger partial charge in [-0.1, -0.05) is 0 Å². The van der Waals surface area contributed by atoms with E-state index in [0.29, 0.717) is 5.88 Å². The lowest BCUT2D eigenvalue weighted by Gasteiger charge is -2.21. The summed E-state index contributed by atoms with van der Waals surface area (Å²) in [6.45, 7) is 6.21. The number of hydrogen-bond donors (Lipinski definition) is 0. The van der Waals surface area contributed by atoms with E-state index in [1.165, 1.54) is 12.8 Å². The Labute approximate surface area is 102 Å². The van der Waals surface area contributed by atoms with Crippen molar-refractivity contribution >= 4 is 17.5 Å². The summed E-state index contributed by atoms with van der Waals surface area (Å²) in [4.78, 5) is 11.2. The van der Waals surface area contributed by atoms with Crippen LogP contribution >= 0.6 is 11.6 Å². The zero-order valence-corrected chi connectivity index (χ0v) is 10.7. The van der Waals surface area contributed by atoms with E-state index in [0.717, 1.165) is 36.2 Å². The van der Waals surface area contributed by atoms with Crippen molar-refractivity contribution < 1.29 is 0 Å². The van der Waals surface area contributed by atoms with Gasteiger partial charge in [-0.2, -0.15) is 0 Å². The van der Waals surface area contributed by atoms with Crippen molar-refractivity contribution in [3.05, 3.63) is 17.5 Å². The van der Waals surface area contributed by atoms with Crippen LogP contribution in [0.1, 0.15) is 31.0 Å². The molecule has 0 spiro atoms. The molecule has 1 aromatic heterocycles. The van der Waals surface area contributed by atoms with Crippen LogP contribution in [0.3, 0.4) is 0 Å². The van der Waals surface area contributed by atoms with Crippen molar-refractivity contribution in [2.24, 2.45) is 5.92 Å². The summed E-state index contributed by atoms with van der Waals surface area (Å²) in [5.41, 5.74) is 2.02. The first-order chi connectivity index (χ1) is 7.74. The number of hydrogen-bond acceptors (Lipinski definition) is 3. The Bertz CT molecular complexity index is 363. The smallest absolute Gasteiger partial charge is 0.225 e. The van der Waals surface area contributed by atoms with Crippen LogP contribution in [0.4, 0.5) is 5.95 Å². The Balaban J connectivity index is 2.13. The lowest BCUT2D eigenvalue weighted by molar-refractivity contribution is 0.716. The molecule has 1 aromatic rings. The maximum absolute atomic E-state index is 5.80. The predicted molar refractivity (Wildman–Crippen MR) is 66.9 cm³/mol. The van der Waals surface area contributed by atoms with Crippen LogP contribution in [0.5, 0.6) is 0 Å². The Kier molecular flexibility index (Phi) is 3.64. The first kappa shape index (κ1) is 11.6. The molecule has 4 heteroatoms. The third-order valence-corrected chi connectivity index (χ3v) is 3.34. The number of anilines is 1. The highest BCUT2D eigenvalue weighted by Crippen LogP contribution is 2.30. The van der Waals surface area contributed by atoms with Crippen LogP contribution in [0.15, 0.2) is 6.20 Å². The van der Waals surface area contributed by atoms with E-state index in [9.17, 15) is 0 Å². The maximum atomic E-state index is 5.80. The van der Waals surface area contributed by atoms with Crippen LogP contribution in [0, 0.1) is 12.8 Å². The van der Waals surface area contributed by atoms with Gasteiger partial charge in [0.25, 0.3) is 0 Å². The summed E-state index contributed by atoms with van der Waals surface area (Å²) in [7, 11) is 0. The molecule has 0 radical (unpaired) electrons. The summed E-state index contributed by atoms with van der Waals surface area (Å²) in [6.07, 6.45) is 4.56. The topological polar surface area (TPSA) is 29.0 Å². The van der Waals surface area contributed by atoms with E-state index in [2.05, 4.69) is 21.8 Å². The molecule has 88 valence electrons. The Morgan fingerprint density at radius 2 is 2.25 bits per heavy atom. The predicted octanol–water partition coefficient (Wildman–Crippen LogP) is 2.76. The monoisotopic (exact) mass is 239 g/mol. The van der Waals surface area contributed by atoms with Gasteiger partial charge in [-0.25, -0.2) is 9.97 Å². The molecular formula is C12H18ClN3. The standard InChI is InChI=1S/C12H18ClN3/c1-3-16(8-10-4-5-10)12-14-7-11(6-13)9(2)15-12/h7,10H,3-6,8H2,1-2H3. The highest BCUT2D eigenvalue weighted by molar-refractivity contribution is 6.17.